The van der Waals surface area contributed by atoms with Crippen LogP contribution in [-0.2, 0) is 9.59 Å². The van der Waals surface area contributed by atoms with E-state index < -0.39 is 17.9 Å². The van der Waals surface area contributed by atoms with Crippen LogP contribution in [0.4, 0.5) is 4.39 Å². The number of aliphatic carboxylic acids is 1. The quantitative estimate of drug-likeness (QED) is 0.568. The fourth-order valence-electron chi connectivity index (χ4n) is 0.319. The second-order valence-corrected chi connectivity index (χ2v) is 1.55. The van der Waals surface area contributed by atoms with Gasteiger partial charge in [0.25, 0.3) is 5.78 Å². The molecule has 1 unspecified atom stereocenters. The van der Waals surface area contributed by atoms with Crippen LogP contribution < -0.4 is 0 Å². The van der Waals surface area contributed by atoms with E-state index in [4.69, 9.17) is 5.11 Å². The number of carboxylic acid groups (broad SMARTS) is 1. The van der Waals surface area contributed by atoms with Crippen LogP contribution in [0.3, 0.4) is 0 Å². The molecule has 1 atom stereocenters. The summed E-state index contributed by atoms with van der Waals surface area (Å²) in [6.07, 6.45) is -1.92. The van der Waals surface area contributed by atoms with E-state index >= 15 is 0 Å². The average molecular weight is 134 g/mol. The Morgan fingerprint density at radius 3 is 2.22 bits per heavy atom. The molecule has 52 valence electrons. The SMILES string of the molecule is CCC(F)C(=O)C(=O)O. The summed E-state index contributed by atoms with van der Waals surface area (Å²) < 4.78 is 12.0. The molecule has 0 fully saturated rings. The molecule has 0 radical (unpaired) electrons. The summed E-state index contributed by atoms with van der Waals surface area (Å²) in [5.41, 5.74) is 0. The van der Waals surface area contributed by atoms with Crippen molar-refractivity contribution in [3.63, 3.8) is 0 Å². The maximum atomic E-state index is 12.0. The molecule has 0 saturated heterocycles. The molecule has 0 aromatic heterocycles. The van der Waals surface area contributed by atoms with Crippen LogP contribution in [0.5, 0.6) is 0 Å². The number of Topliss-reactive ketones (excluding diaryl/α,β-unsaturated/α-hetero) is 1. The van der Waals surface area contributed by atoms with Crippen molar-refractivity contribution >= 4 is 11.8 Å². The van der Waals surface area contributed by atoms with Crippen molar-refractivity contribution in [3.8, 4) is 0 Å². The Balaban J connectivity index is 3.88. The van der Waals surface area contributed by atoms with E-state index in [2.05, 4.69) is 0 Å². The molecule has 0 aliphatic carbocycles. The van der Waals surface area contributed by atoms with Crippen LogP contribution in [0.15, 0.2) is 0 Å². The van der Waals surface area contributed by atoms with Crippen molar-refractivity contribution in [2.75, 3.05) is 0 Å². The van der Waals surface area contributed by atoms with Crippen molar-refractivity contribution in [2.45, 2.75) is 19.5 Å². The Bertz CT molecular complexity index is 132. The Morgan fingerprint density at radius 1 is 1.67 bits per heavy atom. The first kappa shape index (κ1) is 8.07. The lowest BCUT2D eigenvalue weighted by Crippen LogP contribution is -2.23. The van der Waals surface area contributed by atoms with Gasteiger partial charge in [-0.2, -0.15) is 0 Å². The Hall–Kier alpha value is -0.930. The van der Waals surface area contributed by atoms with Gasteiger partial charge in [0.05, 0.1) is 0 Å². The highest BCUT2D eigenvalue weighted by atomic mass is 19.1. The molecule has 0 saturated carbocycles. The molecular weight excluding hydrogens is 127 g/mol. The lowest BCUT2D eigenvalue weighted by Gasteiger charge is -1.96. The number of rotatable bonds is 3. The number of carbonyl (C=O) groups is 2. The maximum Gasteiger partial charge on any atom is 0.375 e. The minimum Gasteiger partial charge on any atom is -0.475 e. The lowest BCUT2D eigenvalue weighted by atomic mass is 10.2. The summed E-state index contributed by atoms with van der Waals surface area (Å²) in [5, 5.41) is 7.89. The van der Waals surface area contributed by atoms with E-state index in [0.717, 1.165) is 0 Å². The molecule has 0 bridgehead atoms. The molecule has 0 heterocycles. The monoisotopic (exact) mass is 134 g/mol. The van der Waals surface area contributed by atoms with E-state index in [1.807, 2.05) is 0 Å². The van der Waals surface area contributed by atoms with Gasteiger partial charge in [0, 0.05) is 0 Å². The van der Waals surface area contributed by atoms with Gasteiger partial charge < -0.3 is 5.11 Å². The highest BCUT2D eigenvalue weighted by molar-refractivity contribution is 6.34. The number of carbonyl (C=O) groups excluding carboxylic acids is 1. The molecule has 4 heteroatoms. The van der Waals surface area contributed by atoms with Crippen LogP contribution >= 0.6 is 0 Å². The van der Waals surface area contributed by atoms with Crippen molar-refractivity contribution in [2.24, 2.45) is 0 Å². The number of alkyl halides is 1. The molecule has 0 aliphatic rings. The predicted octanol–water partition coefficient (Wildman–Crippen LogP) is 0.388. The zero-order valence-corrected chi connectivity index (χ0v) is 4.93. The predicted molar refractivity (Wildman–Crippen MR) is 27.8 cm³/mol. The van der Waals surface area contributed by atoms with Gasteiger partial charge in [0.2, 0.25) is 0 Å². The number of halogens is 1. The summed E-state index contributed by atoms with van der Waals surface area (Å²) in [6, 6.07) is 0. The van der Waals surface area contributed by atoms with Crippen molar-refractivity contribution in [1.29, 1.82) is 0 Å². The zero-order valence-electron chi connectivity index (χ0n) is 4.93. The van der Waals surface area contributed by atoms with E-state index in [9.17, 15) is 14.0 Å². The van der Waals surface area contributed by atoms with Gasteiger partial charge in [-0.25, -0.2) is 9.18 Å². The molecule has 0 spiro atoms. The zero-order chi connectivity index (χ0) is 7.44. The van der Waals surface area contributed by atoms with Crippen molar-refractivity contribution in [3.05, 3.63) is 0 Å². The van der Waals surface area contributed by atoms with Gasteiger partial charge in [0.15, 0.2) is 6.17 Å². The summed E-state index contributed by atoms with van der Waals surface area (Å²) in [4.78, 5) is 19.8. The second kappa shape index (κ2) is 3.17. The van der Waals surface area contributed by atoms with Crippen molar-refractivity contribution in [1.82, 2.24) is 0 Å². The third kappa shape index (κ3) is 2.21. The molecule has 0 aromatic rings. The second-order valence-electron chi connectivity index (χ2n) is 1.55. The molecule has 0 aromatic carbocycles. The van der Waals surface area contributed by atoms with Crippen LogP contribution in [0, 0.1) is 0 Å². The lowest BCUT2D eigenvalue weighted by molar-refractivity contribution is -0.151. The molecule has 9 heavy (non-hydrogen) atoms. The van der Waals surface area contributed by atoms with Crippen LogP contribution in [0.1, 0.15) is 13.3 Å². The molecular formula is C5H7FO3. The first-order chi connectivity index (χ1) is 4.09. The largest absolute Gasteiger partial charge is 0.475 e. The first-order valence-corrected chi connectivity index (χ1v) is 2.50. The van der Waals surface area contributed by atoms with Crippen LogP contribution in [-0.4, -0.2) is 23.0 Å². The van der Waals surface area contributed by atoms with E-state index in [1.54, 1.807) is 0 Å². The Kier molecular flexibility index (Phi) is 2.84. The fourth-order valence-corrected chi connectivity index (χ4v) is 0.319. The van der Waals surface area contributed by atoms with Gasteiger partial charge in [0.1, 0.15) is 0 Å². The van der Waals surface area contributed by atoms with Gasteiger partial charge in [-0.1, -0.05) is 6.92 Å². The normalized spacial score (nSPS) is 12.7. The van der Waals surface area contributed by atoms with Crippen LogP contribution in [0.2, 0.25) is 0 Å². The van der Waals surface area contributed by atoms with Gasteiger partial charge in [-0.3, -0.25) is 4.79 Å². The third-order valence-corrected chi connectivity index (χ3v) is 0.854. The van der Waals surface area contributed by atoms with E-state index in [0.29, 0.717) is 0 Å². The van der Waals surface area contributed by atoms with E-state index in [1.165, 1.54) is 6.92 Å². The minimum absolute atomic E-state index is 0.0782. The highest BCUT2D eigenvalue weighted by Gasteiger charge is 2.21. The number of hydrogen-bond acceptors (Lipinski definition) is 2. The fraction of sp³-hybridized carbons (Fsp3) is 0.600. The van der Waals surface area contributed by atoms with Gasteiger partial charge in [-0.05, 0) is 6.42 Å². The van der Waals surface area contributed by atoms with Gasteiger partial charge in [-0.15, -0.1) is 0 Å². The maximum absolute atomic E-state index is 12.0. The van der Waals surface area contributed by atoms with E-state index in [-0.39, 0.29) is 6.42 Å². The van der Waals surface area contributed by atoms with Crippen LogP contribution in [0.25, 0.3) is 0 Å². The highest BCUT2D eigenvalue weighted by Crippen LogP contribution is 1.97. The van der Waals surface area contributed by atoms with Gasteiger partial charge >= 0.3 is 5.97 Å². The Labute approximate surface area is 51.5 Å². The topological polar surface area (TPSA) is 54.4 Å². The molecule has 3 nitrogen and oxygen atoms in total. The van der Waals surface area contributed by atoms with Crippen molar-refractivity contribution < 1.29 is 19.1 Å². The summed E-state index contributed by atoms with van der Waals surface area (Å²) in [5.74, 6) is -3.07. The molecule has 1 N–H and O–H groups in total. The first-order valence-electron chi connectivity index (χ1n) is 2.50. The Morgan fingerprint density at radius 2 is 2.11 bits per heavy atom. The average Bonchev–Trinajstić information content (AvgIpc) is 1.84. The third-order valence-electron chi connectivity index (χ3n) is 0.854. The number of carboxylic acids is 1. The molecule has 0 rings (SSSR count). The summed E-state index contributed by atoms with van der Waals surface area (Å²) in [6.45, 7) is 1.41. The molecule has 0 aliphatic heterocycles. The minimum atomic E-state index is -1.84. The summed E-state index contributed by atoms with van der Waals surface area (Å²) in [7, 11) is 0. The summed E-state index contributed by atoms with van der Waals surface area (Å²) >= 11 is 0. The number of ketones is 1. The number of hydrogen-bond donors (Lipinski definition) is 1. The molecule has 0 amide bonds. The standard InChI is InChI=1S/C5H7FO3/c1-2-3(6)4(7)5(8)9/h3H,2H2,1H3,(H,8,9). The smallest absolute Gasteiger partial charge is 0.375 e.